The molecule has 2 aromatic carbocycles. The number of ether oxygens (including phenoxy) is 1. The van der Waals surface area contributed by atoms with Gasteiger partial charge < -0.3 is 4.74 Å². The van der Waals surface area contributed by atoms with Crippen LogP contribution in [0.25, 0.3) is 10.9 Å². The van der Waals surface area contributed by atoms with Crippen molar-refractivity contribution in [2.24, 2.45) is 0 Å². The Kier molecular flexibility index (Phi) is 4.90. The maximum atomic E-state index is 12.8. The molecular formula is C19H20N2O2S. The quantitative estimate of drug-likeness (QED) is 0.514. The summed E-state index contributed by atoms with van der Waals surface area (Å²) in [6.07, 6.45) is 0. The van der Waals surface area contributed by atoms with Crippen LogP contribution in [0, 0.1) is 0 Å². The van der Waals surface area contributed by atoms with Crippen LogP contribution < -0.4 is 10.3 Å². The van der Waals surface area contributed by atoms with E-state index < -0.39 is 0 Å². The van der Waals surface area contributed by atoms with Gasteiger partial charge in [-0.1, -0.05) is 42.1 Å². The molecule has 24 heavy (non-hydrogen) atoms. The first-order chi connectivity index (χ1) is 11.6. The molecule has 0 amide bonds. The highest BCUT2D eigenvalue weighted by Crippen LogP contribution is 2.28. The van der Waals surface area contributed by atoms with Gasteiger partial charge in [0.15, 0.2) is 5.16 Å². The van der Waals surface area contributed by atoms with Gasteiger partial charge in [-0.15, -0.1) is 0 Å². The van der Waals surface area contributed by atoms with Crippen molar-refractivity contribution in [2.45, 2.75) is 30.8 Å². The fourth-order valence-electron chi connectivity index (χ4n) is 2.65. The summed E-state index contributed by atoms with van der Waals surface area (Å²) in [6.45, 7) is 4.01. The van der Waals surface area contributed by atoms with E-state index in [9.17, 15) is 4.79 Å². The van der Waals surface area contributed by atoms with Gasteiger partial charge in [-0.05, 0) is 32.0 Å². The summed E-state index contributed by atoms with van der Waals surface area (Å²) in [5.74, 6) is 1.55. The van der Waals surface area contributed by atoms with E-state index >= 15 is 0 Å². The third-order valence-electron chi connectivity index (χ3n) is 3.84. The number of nitrogens with zero attached hydrogens (tertiary/aromatic N) is 2. The number of benzene rings is 2. The van der Waals surface area contributed by atoms with Crippen LogP contribution in [0.2, 0.25) is 0 Å². The lowest BCUT2D eigenvalue weighted by atomic mass is 10.2. The lowest BCUT2D eigenvalue weighted by molar-refractivity contribution is 0.411. The summed E-state index contributed by atoms with van der Waals surface area (Å²) in [7, 11) is 1.67. The smallest absolute Gasteiger partial charge is 0.262 e. The van der Waals surface area contributed by atoms with Crippen LogP contribution in [0.5, 0.6) is 5.75 Å². The third kappa shape index (κ3) is 3.17. The predicted molar refractivity (Wildman–Crippen MR) is 98.9 cm³/mol. The highest BCUT2D eigenvalue weighted by molar-refractivity contribution is 7.98. The Labute approximate surface area is 145 Å². The number of aromatic nitrogens is 2. The maximum absolute atomic E-state index is 12.8. The summed E-state index contributed by atoms with van der Waals surface area (Å²) in [6, 6.07) is 15.5. The van der Waals surface area contributed by atoms with E-state index in [2.05, 4.69) is 0 Å². The molecule has 0 unspecified atom stereocenters. The molecule has 0 aliphatic carbocycles. The molecule has 0 radical (unpaired) electrons. The Morgan fingerprint density at radius 3 is 2.58 bits per heavy atom. The van der Waals surface area contributed by atoms with Crippen LogP contribution in [0.15, 0.2) is 58.5 Å². The van der Waals surface area contributed by atoms with E-state index in [1.165, 1.54) is 0 Å². The fourth-order valence-corrected chi connectivity index (χ4v) is 3.77. The van der Waals surface area contributed by atoms with E-state index in [4.69, 9.17) is 9.72 Å². The molecule has 124 valence electrons. The Balaban J connectivity index is 2.02. The molecule has 0 aliphatic rings. The van der Waals surface area contributed by atoms with Crippen LogP contribution in [-0.2, 0) is 5.75 Å². The molecule has 3 aromatic rings. The second-order valence-electron chi connectivity index (χ2n) is 5.78. The number of hydrogen-bond donors (Lipinski definition) is 0. The molecule has 3 rings (SSSR count). The lowest BCUT2D eigenvalue weighted by Crippen LogP contribution is -2.25. The van der Waals surface area contributed by atoms with Gasteiger partial charge in [0, 0.05) is 17.4 Å². The van der Waals surface area contributed by atoms with Crippen molar-refractivity contribution < 1.29 is 4.74 Å². The molecule has 0 fully saturated rings. The highest BCUT2D eigenvalue weighted by atomic mass is 32.2. The van der Waals surface area contributed by atoms with Crippen LogP contribution in [-0.4, -0.2) is 16.7 Å². The van der Waals surface area contributed by atoms with Gasteiger partial charge in [-0.3, -0.25) is 9.36 Å². The van der Waals surface area contributed by atoms with Crippen LogP contribution in [0.1, 0.15) is 25.5 Å². The number of fused-ring (bicyclic) bond motifs is 1. The second-order valence-corrected chi connectivity index (χ2v) is 6.72. The minimum Gasteiger partial charge on any atom is -0.496 e. The zero-order chi connectivity index (χ0) is 17.1. The van der Waals surface area contributed by atoms with Gasteiger partial charge in [-0.2, -0.15) is 0 Å². The molecular weight excluding hydrogens is 320 g/mol. The van der Waals surface area contributed by atoms with E-state index in [1.807, 2.05) is 62.4 Å². The Morgan fingerprint density at radius 1 is 1.12 bits per heavy atom. The van der Waals surface area contributed by atoms with Gasteiger partial charge >= 0.3 is 0 Å². The zero-order valence-corrected chi connectivity index (χ0v) is 14.8. The maximum Gasteiger partial charge on any atom is 0.262 e. The molecule has 5 heteroatoms. The summed E-state index contributed by atoms with van der Waals surface area (Å²) in [5.41, 5.74) is 1.84. The van der Waals surface area contributed by atoms with Crippen molar-refractivity contribution in [3.63, 3.8) is 0 Å². The Bertz CT molecular complexity index is 919. The van der Waals surface area contributed by atoms with E-state index in [0.717, 1.165) is 22.0 Å². The minimum atomic E-state index is 0.0122. The average Bonchev–Trinajstić information content (AvgIpc) is 2.60. The fraction of sp³-hybridized carbons (Fsp3) is 0.263. The first-order valence-electron chi connectivity index (χ1n) is 7.87. The van der Waals surface area contributed by atoms with Gasteiger partial charge in [0.2, 0.25) is 0 Å². The molecule has 0 aliphatic heterocycles. The average molecular weight is 340 g/mol. The standard InChI is InChI=1S/C19H20N2O2S/c1-13(2)21-18(22)15-9-5-6-10-16(15)20-19(21)24-12-14-8-4-7-11-17(14)23-3/h4-11,13H,12H2,1-3H3. The second kappa shape index (κ2) is 7.09. The first kappa shape index (κ1) is 16.6. The van der Waals surface area contributed by atoms with Crippen molar-refractivity contribution in [1.82, 2.24) is 9.55 Å². The summed E-state index contributed by atoms with van der Waals surface area (Å²) < 4.78 is 7.17. The molecule has 0 saturated carbocycles. The summed E-state index contributed by atoms with van der Waals surface area (Å²) in [5, 5.41) is 1.40. The Hall–Kier alpha value is -2.27. The number of hydrogen-bond acceptors (Lipinski definition) is 4. The molecule has 1 aromatic heterocycles. The van der Waals surface area contributed by atoms with Crippen molar-refractivity contribution in [3.05, 3.63) is 64.4 Å². The van der Waals surface area contributed by atoms with Gasteiger partial charge in [-0.25, -0.2) is 4.98 Å². The number of para-hydroxylation sites is 2. The molecule has 0 spiro atoms. The molecule has 4 nitrogen and oxygen atoms in total. The van der Waals surface area contributed by atoms with Crippen LogP contribution >= 0.6 is 11.8 Å². The van der Waals surface area contributed by atoms with Crippen LogP contribution in [0.4, 0.5) is 0 Å². The molecule has 1 heterocycles. The SMILES string of the molecule is COc1ccccc1CSc1nc2ccccc2c(=O)n1C(C)C. The zero-order valence-electron chi connectivity index (χ0n) is 14.0. The number of rotatable bonds is 5. The Morgan fingerprint density at radius 2 is 1.83 bits per heavy atom. The van der Waals surface area contributed by atoms with E-state index in [0.29, 0.717) is 11.1 Å². The topological polar surface area (TPSA) is 44.1 Å². The van der Waals surface area contributed by atoms with Gasteiger partial charge in [0.25, 0.3) is 5.56 Å². The lowest BCUT2D eigenvalue weighted by Gasteiger charge is -2.16. The summed E-state index contributed by atoms with van der Waals surface area (Å²) >= 11 is 1.56. The van der Waals surface area contributed by atoms with Crippen molar-refractivity contribution in [3.8, 4) is 5.75 Å². The first-order valence-corrected chi connectivity index (χ1v) is 8.86. The highest BCUT2D eigenvalue weighted by Gasteiger charge is 2.14. The molecule has 0 N–H and O–H groups in total. The number of thioether (sulfide) groups is 1. The molecule has 0 bridgehead atoms. The van der Waals surface area contributed by atoms with Gasteiger partial charge in [0.1, 0.15) is 5.75 Å². The third-order valence-corrected chi connectivity index (χ3v) is 4.84. The monoisotopic (exact) mass is 340 g/mol. The molecule has 0 atom stereocenters. The van der Waals surface area contributed by atoms with E-state index in [-0.39, 0.29) is 11.6 Å². The van der Waals surface area contributed by atoms with Gasteiger partial charge in [0.05, 0.1) is 18.0 Å². The van der Waals surface area contributed by atoms with Crippen molar-refractivity contribution in [1.29, 1.82) is 0 Å². The van der Waals surface area contributed by atoms with Crippen molar-refractivity contribution in [2.75, 3.05) is 7.11 Å². The largest absolute Gasteiger partial charge is 0.496 e. The minimum absolute atomic E-state index is 0.0122. The van der Waals surface area contributed by atoms with Crippen LogP contribution in [0.3, 0.4) is 0 Å². The van der Waals surface area contributed by atoms with Crippen molar-refractivity contribution >= 4 is 22.7 Å². The normalized spacial score (nSPS) is 11.2. The predicted octanol–water partition coefficient (Wildman–Crippen LogP) is 4.28. The molecule has 0 saturated heterocycles. The summed E-state index contributed by atoms with van der Waals surface area (Å²) in [4.78, 5) is 17.5. The number of methoxy groups -OCH3 is 1. The van der Waals surface area contributed by atoms with E-state index in [1.54, 1.807) is 23.4 Å².